The Hall–Kier alpha value is -5.17. The fourth-order valence-corrected chi connectivity index (χ4v) is 3.85. The average molecular weight is 518 g/mol. The Balaban J connectivity index is 0.000000222. The zero-order valence-electron chi connectivity index (χ0n) is 19.8. The number of carboxylic acid groups (broad SMARTS) is 1. The lowest BCUT2D eigenvalue weighted by Crippen LogP contribution is -2.26. The van der Waals surface area contributed by atoms with Crippen LogP contribution in [0.2, 0.25) is 0 Å². The van der Waals surface area contributed by atoms with E-state index in [2.05, 4.69) is 25.6 Å². The van der Waals surface area contributed by atoms with Crippen molar-refractivity contribution >= 4 is 34.5 Å². The standard InChI is InChI=1S/C17H13N5O5.C8H9NO2/c23-12-6-27-11-2-1-8(3-10(11)22-12)4-19-16(24)15-14-13(20-7-21-15)9(5-18-14)17(25)26;9-4-6-1-2-7-8(3-6)11-5-10-7/h1-3,5,7,18H,4,6H2,(H,19,24)(H,22,23)(H,25,26);1-3H,4-5,9H2. The third-order valence-corrected chi connectivity index (χ3v) is 5.71. The topological polar surface area (TPSA) is 191 Å². The number of rotatable bonds is 5. The number of aromatic carboxylic acids is 1. The van der Waals surface area contributed by atoms with E-state index >= 15 is 0 Å². The molecule has 0 radical (unpaired) electrons. The Morgan fingerprint density at radius 2 is 1.82 bits per heavy atom. The number of carbonyl (C=O) groups excluding carboxylic acids is 2. The maximum atomic E-state index is 12.5. The number of nitrogens with two attached hydrogens (primary N) is 1. The molecule has 13 nitrogen and oxygen atoms in total. The molecule has 2 aromatic heterocycles. The second-order valence-corrected chi connectivity index (χ2v) is 8.20. The van der Waals surface area contributed by atoms with Crippen LogP contribution >= 0.6 is 0 Å². The van der Waals surface area contributed by atoms with E-state index in [0.717, 1.165) is 29.0 Å². The van der Waals surface area contributed by atoms with Crippen molar-refractivity contribution in [1.82, 2.24) is 20.3 Å². The minimum Gasteiger partial charge on any atom is -0.482 e. The van der Waals surface area contributed by atoms with Crippen molar-refractivity contribution in [2.24, 2.45) is 5.73 Å². The van der Waals surface area contributed by atoms with Crippen LogP contribution in [-0.2, 0) is 17.9 Å². The molecule has 0 saturated carbocycles. The fraction of sp³-hybridized carbons (Fsp3) is 0.160. The molecule has 6 rings (SSSR count). The highest BCUT2D eigenvalue weighted by Gasteiger charge is 2.20. The lowest BCUT2D eigenvalue weighted by atomic mass is 10.1. The maximum Gasteiger partial charge on any atom is 0.339 e. The number of amides is 2. The van der Waals surface area contributed by atoms with Gasteiger partial charge in [-0.2, -0.15) is 0 Å². The molecule has 2 amide bonds. The molecular formula is C25H22N6O7. The average Bonchev–Trinajstić information content (AvgIpc) is 3.58. The first-order valence-corrected chi connectivity index (χ1v) is 11.4. The quantitative estimate of drug-likeness (QED) is 0.260. The lowest BCUT2D eigenvalue weighted by Gasteiger charge is -2.18. The van der Waals surface area contributed by atoms with E-state index in [-0.39, 0.29) is 41.3 Å². The Kier molecular flexibility index (Phi) is 6.74. The number of hydrogen-bond donors (Lipinski definition) is 5. The molecule has 194 valence electrons. The number of nitrogens with zero attached hydrogens (tertiary/aromatic N) is 2. The van der Waals surface area contributed by atoms with Gasteiger partial charge < -0.3 is 40.7 Å². The van der Waals surface area contributed by atoms with Gasteiger partial charge in [-0.05, 0) is 35.4 Å². The van der Waals surface area contributed by atoms with Crippen molar-refractivity contribution < 1.29 is 33.7 Å². The number of hydrogen-bond acceptors (Lipinski definition) is 9. The highest BCUT2D eigenvalue weighted by Crippen LogP contribution is 2.32. The van der Waals surface area contributed by atoms with Gasteiger partial charge >= 0.3 is 5.97 Å². The summed E-state index contributed by atoms with van der Waals surface area (Å²) in [5.74, 6) is 0.293. The predicted molar refractivity (Wildman–Crippen MR) is 133 cm³/mol. The predicted octanol–water partition coefficient (Wildman–Crippen LogP) is 1.79. The molecular weight excluding hydrogens is 496 g/mol. The summed E-state index contributed by atoms with van der Waals surface area (Å²) in [5, 5.41) is 14.6. The summed E-state index contributed by atoms with van der Waals surface area (Å²) >= 11 is 0. The monoisotopic (exact) mass is 518 g/mol. The van der Waals surface area contributed by atoms with Gasteiger partial charge in [0.25, 0.3) is 11.8 Å². The molecule has 0 unspecified atom stereocenters. The van der Waals surface area contributed by atoms with Crippen molar-refractivity contribution in [3.05, 3.63) is 71.3 Å². The molecule has 4 aromatic rings. The fourth-order valence-electron chi connectivity index (χ4n) is 3.85. The summed E-state index contributed by atoms with van der Waals surface area (Å²) in [5.41, 5.74) is 8.22. The number of nitrogens with one attached hydrogen (secondary N) is 3. The van der Waals surface area contributed by atoms with Gasteiger partial charge in [0.1, 0.15) is 23.2 Å². The molecule has 0 bridgehead atoms. The number of aromatic amines is 1. The van der Waals surface area contributed by atoms with Gasteiger partial charge in [-0.1, -0.05) is 12.1 Å². The molecule has 0 atom stereocenters. The van der Waals surface area contributed by atoms with Crippen molar-refractivity contribution in [3.8, 4) is 17.2 Å². The van der Waals surface area contributed by atoms with Crippen LogP contribution in [0.5, 0.6) is 17.2 Å². The number of carbonyl (C=O) groups is 3. The summed E-state index contributed by atoms with van der Waals surface area (Å²) < 4.78 is 15.6. The van der Waals surface area contributed by atoms with Crippen LogP contribution in [0.15, 0.2) is 48.9 Å². The van der Waals surface area contributed by atoms with Crippen molar-refractivity contribution in [2.45, 2.75) is 13.1 Å². The van der Waals surface area contributed by atoms with Crippen LogP contribution in [-0.4, -0.2) is 51.2 Å². The number of H-pyrrole nitrogens is 1. The van der Waals surface area contributed by atoms with Crippen LogP contribution < -0.4 is 30.6 Å². The van der Waals surface area contributed by atoms with Gasteiger partial charge in [-0.3, -0.25) is 9.59 Å². The Morgan fingerprint density at radius 1 is 1.03 bits per heavy atom. The smallest absolute Gasteiger partial charge is 0.339 e. The van der Waals surface area contributed by atoms with Crippen molar-refractivity contribution in [1.29, 1.82) is 0 Å². The summed E-state index contributed by atoms with van der Waals surface area (Å²) in [4.78, 5) is 45.7. The number of ether oxygens (including phenoxy) is 3. The van der Waals surface area contributed by atoms with Gasteiger partial charge in [0, 0.05) is 19.3 Å². The van der Waals surface area contributed by atoms with Gasteiger partial charge in [-0.25, -0.2) is 14.8 Å². The number of benzene rings is 2. The first-order valence-electron chi connectivity index (χ1n) is 11.4. The number of carboxylic acids is 1. The summed E-state index contributed by atoms with van der Waals surface area (Å²) in [7, 11) is 0. The highest BCUT2D eigenvalue weighted by atomic mass is 16.7. The molecule has 2 aromatic carbocycles. The van der Waals surface area contributed by atoms with Gasteiger partial charge in [0.15, 0.2) is 23.8 Å². The van der Waals surface area contributed by atoms with Crippen molar-refractivity contribution in [2.75, 3.05) is 18.7 Å². The second kappa shape index (κ2) is 10.4. The molecule has 0 aliphatic carbocycles. The van der Waals surface area contributed by atoms with E-state index in [1.165, 1.54) is 6.20 Å². The van der Waals surface area contributed by atoms with Crippen LogP contribution in [0.1, 0.15) is 32.0 Å². The molecule has 2 aliphatic rings. The zero-order valence-corrected chi connectivity index (χ0v) is 19.8. The summed E-state index contributed by atoms with van der Waals surface area (Å²) in [6.07, 6.45) is 2.41. The third kappa shape index (κ3) is 5.03. The first-order chi connectivity index (χ1) is 18.4. The number of aromatic nitrogens is 3. The minimum absolute atomic E-state index is 0.0265. The second-order valence-electron chi connectivity index (χ2n) is 8.20. The van der Waals surface area contributed by atoms with Crippen LogP contribution in [0.25, 0.3) is 11.0 Å². The molecule has 13 heteroatoms. The number of fused-ring (bicyclic) bond motifs is 3. The summed E-state index contributed by atoms with van der Waals surface area (Å²) in [6, 6.07) is 10.9. The zero-order chi connectivity index (χ0) is 26.6. The Morgan fingerprint density at radius 3 is 2.63 bits per heavy atom. The van der Waals surface area contributed by atoms with E-state index in [1.54, 1.807) is 18.2 Å². The first kappa shape index (κ1) is 24.5. The molecule has 2 aliphatic heterocycles. The van der Waals surface area contributed by atoms with Gasteiger partial charge in [0.05, 0.1) is 11.2 Å². The van der Waals surface area contributed by atoms with E-state index in [9.17, 15) is 14.4 Å². The molecule has 0 saturated heterocycles. The summed E-state index contributed by atoms with van der Waals surface area (Å²) in [6.45, 7) is 1.02. The van der Waals surface area contributed by atoms with Gasteiger partial charge in [0.2, 0.25) is 6.79 Å². The Labute approximate surface area is 214 Å². The van der Waals surface area contributed by atoms with Crippen LogP contribution in [0.3, 0.4) is 0 Å². The molecule has 38 heavy (non-hydrogen) atoms. The van der Waals surface area contributed by atoms with Gasteiger partial charge in [-0.15, -0.1) is 0 Å². The van der Waals surface area contributed by atoms with E-state index in [4.69, 9.17) is 25.1 Å². The Bertz CT molecular complexity index is 1550. The van der Waals surface area contributed by atoms with Crippen LogP contribution in [0, 0.1) is 0 Å². The molecule has 6 N–H and O–H groups in total. The highest BCUT2D eigenvalue weighted by molar-refractivity contribution is 6.08. The van der Waals surface area contributed by atoms with Crippen LogP contribution in [0.4, 0.5) is 5.69 Å². The van der Waals surface area contributed by atoms with Crippen molar-refractivity contribution in [3.63, 3.8) is 0 Å². The molecule has 4 heterocycles. The van der Waals surface area contributed by atoms with E-state index in [0.29, 0.717) is 24.8 Å². The normalized spacial score (nSPS) is 13.0. The third-order valence-electron chi connectivity index (χ3n) is 5.71. The van der Waals surface area contributed by atoms with E-state index in [1.807, 2.05) is 18.2 Å². The SMILES string of the molecule is NCc1ccc2c(c1)OCO2.O=C1COc2ccc(CNC(=O)c3ncnc4c(C(=O)O)c[nH]c34)cc2N1. The minimum atomic E-state index is -1.15. The number of anilines is 1. The maximum absolute atomic E-state index is 12.5. The molecule has 0 spiro atoms. The van der Waals surface area contributed by atoms with E-state index < -0.39 is 11.9 Å². The molecule has 0 fully saturated rings. The largest absolute Gasteiger partial charge is 0.482 e. The lowest BCUT2D eigenvalue weighted by molar-refractivity contribution is -0.118.